The minimum absolute atomic E-state index is 0.613. The van der Waals surface area contributed by atoms with Crippen molar-refractivity contribution < 1.29 is 0 Å². The van der Waals surface area contributed by atoms with Gasteiger partial charge in [0.25, 0.3) is 0 Å². The van der Waals surface area contributed by atoms with Gasteiger partial charge in [-0.25, -0.2) is 4.98 Å². The Kier molecular flexibility index (Phi) is 4.37. The SMILES string of the molecule is CCCc1ccccc1Nc1nc(C)cc(C)c1C#N. The van der Waals surface area contributed by atoms with Crippen LogP contribution in [0.1, 0.15) is 35.7 Å². The average molecular weight is 265 g/mol. The van der Waals surface area contributed by atoms with Gasteiger partial charge in [-0.05, 0) is 43.5 Å². The summed E-state index contributed by atoms with van der Waals surface area (Å²) in [5.74, 6) is 0.647. The van der Waals surface area contributed by atoms with Crippen LogP contribution in [0.2, 0.25) is 0 Å². The molecule has 1 aromatic carbocycles. The van der Waals surface area contributed by atoms with E-state index in [2.05, 4.69) is 29.4 Å². The van der Waals surface area contributed by atoms with Gasteiger partial charge in [0.05, 0.1) is 5.56 Å². The third-order valence-electron chi connectivity index (χ3n) is 3.25. The van der Waals surface area contributed by atoms with Crippen molar-refractivity contribution in [2.75, 3.05) is 5.32 Å². The first kappa shape index (κ1) is 14.1. The van der Waals surface area contributed by atoms with Gasteiger partial charge in [-0.2, -0.15) is 5.26 Å². The van der Waals surface area contributed by atoms with Gasteiger partial charge in [0.2, 0.25) is 0 Å². The molecule has 3 heteroatoms. The molecule has 3 nitrogen and oxygen atoms in total. The second-order valence-electron chi connectivity index (χ2n) is 4.95. The third kappa shape index (κ3) is 2.97. The molecule has 1 aromatic heterocycles. The lowest BCUT2D eigenvalue weighted by Crippen LogP contribution is -2.03. The second kappa shape index (κ2) is 6.21. The van der Waals surface area contributed by atoms with Crippen LogP contribution in [-0.4, -0.2) is 4.98 Å². The topological polar surface area (TPSA) is 48.7 Å². The van der Waals surface area contributed by atoms with E-state index in [1.54, 1.807) is 0 Å². The van der Waals surface area contributed by atoms with Crippen molar-refractivity contribution in [2.24, 2.45) is 0 Å². The number of nitrogens with one attached hydrogen (secondary N) is 1. The predicted octanol–water partition coefficient (Wildman–Crippen LogP) is 4.27. The number of pyridine rings is 1. The summed E-state index contributed by atoms with van der Waals surface area (Å²) in [4.78, 5) is 4.47. The molecule has 0 saturated heterocycles. The first-order valence-corrected chi connectivity index (χ1v) is 6.89. The summed E-state index contributed by atoms with van der Waals surface area (Å²) in [6, 6.07) is 12.3. The van der Waals surface area contributed by atoms with E-state index in [-0.39, 0.29) is 0 Å². The summed E-state index contributed by atoms with van der Waals surface area (Å²) in [7, 11) is 0. The molecule has 0 bridgehead atoms. The van der Waals surface area contributed by atoms with Gasteiger partial charge in [0.15, 0.2) is 0 Å². The molecule has 0 unspecified atom stereocenters. The summed E-state index contributed by atoms with van der Waals surface area (Å²) in [5.41, 5.74) is 4.76. The van der Waals surface area contributed by atoms with Crippen molar-refractivity contribution in [1.29, 1.82) is 5.26 Å². The Labute approximate surface area is 120 Å². The molecule has 0 saturated carbocycles. The van der Waals surface area contributed by atoms with E-state index in [9.17, 15) is 5.26 Å². The van der Waals surface area contributed by atoms with Crippen molar-refractivity contribution in [3.05, 3.63) is 52.7 Å². The maximum absolute atomic E-state index is 9.31. The minimum Gasteiger partial charge on any atom is -0.339 e. The first-order valence-electron chi connectivity index (χ1n) is 6.89. The Bertz CT molecular complexity index is 654. The largest absolute Gasteiger partial charge is 0.339 e. The van der Waals surface area contributed by atoms with Crippen molar-refractivity contribution >= 4 is 11.5 Å². The number of aryl methyl sites for hydroxylation is 3. The van der Waals surface area contributed by atoms with Crippen LogP contribution in [-0.2, 0) is 6.42 Å². The predicted molar refractivity (Wildman–Crippen MR) is 82.1 cm³/mol. The summed E-state index contributed by atoms with van der Waals surface area (Å²) in [5, 5.41) is 12.6. The Balaban J connectivity index is 2.43. The zero-order chi connectivity index (χ0) is 14.5. The molecule has 20 heavy (non-hydrogen) atoms. The maximum Gasteiger partial charge on any atom is 0.148 e. The quantitative estimate of drug-likeness (QED) is 0.898. The average Bonchev–Trinajstić information content (AvgIpc) is 2.41. The van der Waals surface area contributed by atoms with Crippen LogP contribution >= 0.6 is 0 Å². The summed E-state index contributed by atoms with van der Waals surface area (Å²) < 4.78 is 0. The molecule has 0 aliphatic rings. The highest BCUT2D eigenvalue weighted by molar-refractivity contribution is 5.67. The molecule has 0 aliphatic carbocycles. The normalized spacial score (nSPS) is 10.1. The Hall–Kier alpha value is -2.34. The number of rotatable bonds is 4. The fourth-order valence-electron chi connectivity index (χ4n) is 2.33. The number of aromatic nitrogens is 1. The zero-order valence-electron chi connectivity index (χ0n) is 12.2. The van der Waals surface area contributed by atoms with Crippen molar-refractivity contribution in [3.8, 4) is 6.07 Å². The molecule has 0 atom stereocenters. The van der Waals surface area contributed by atoms with E-state index >= 15 is 0 Å². The molecule has 0 fully saturated rings. The molecule has 2 aromatic rings. The van der Waals surface area contributed by atoms with Gasteiger partial charge in [0, 0.05) is 11.4 Å². The van der Waals surface area contributed by atoms with Crippen LogP contribution in [0.5, 0.6) is 0 Å². The highest BCUT2D eigenvalue weighted by atomic mass is 15.0. The Morgan fingerprint density at radius 2 is 2.00 bits per heavy atom. The van der Waals surface area contributed by atoms with E-state index in [1.807, 2.05) is 38.1 Å². The molecular formula is C17H19N3. The van der Waals surface area contributed by atoms with Gasteiger partial charge in [-0.3, -0.25) is 0 Å². The molecule has 2 rings (SSSR count). The van der Waals surface area contributed by atoms with Crippen LogP contribution in [0.4, 0.5) is 11.5 Å². The number of nitrogens with zero attached hydrogens (tertiary/aromatic N) is 2. The first-order chi connectivity index (χ1) is 9.65. The maximum atomic E-state index is 9.31. The van der Waals surface area contributed by atoms with Crippen molar-refractivity contribution in [3.63, 3.8) is 0 Å². The van der Waals surface area contributed by atoms with E-state index in [4.69, 9.17) is 0 Å². The smallest absolute Gasteiger partial charge is 0.148 e. The number of anilines is 2. The Morgan fingerprint density at radius 1 is 1.25 bits per heavy atom. The summed E-state index contributed by atoms with van der Waals surface area (Å²) in [6.07, 6.45) is 2.10. The fraction of sp³-hybridized carbons (Fsp3) is 0.294. The zero-order valence-corrected chi connectivity index (χ0v) is 12.2. The number of nitriles is 1. The lowest BCUT2D eigenvalue weighted by Gasteiger charge is -2.13. The molecule has 0 spiro atoms. The van der Waals surface area contributed by atoms with Gasteiger partial charge < -0.3 is 5.32 Å². The van der Waals surface area contributed by atoms with E-state index in [0.717, 1.165) is 29.8 Å². The molecular weight excluding hydrogens is 246 g/mol. The second-order valence-corrected chi connectivity index (χ2v) is 4.95. The van der Waals surface area contributed by atoms with Gasteiger partial charge in [-0.1, -0.05) is 31.5 Å². The number of hydrogen-bond acceptors (Lipinski definition) is 3. The highest BCUT2D eigenvalue weighted by Crippen LogP contribution is 2.25. The van der Waals surface area contributed by atoms with E-state index in [0.29, 0.717) is 11.4 Å². The molecule has 1 N–H and O–H groups in total. The standard InChI is InChI=1S/C17H19N3/c1-4-7-14-8-5-6-9-16(14)20-17-15(11-18)12(2)10-13(3)19-17/h5-6,8-10H,4,7H2,1-3H3,(H,19,20). The lowest BCUT2D eigenvalue weighted by atomic mass is 10.1. The van der Waals surface area contributed by atoms with Crippen LogP contribution < -0.4 is 5.32 Å². The van der Waals surface area contributed by atoms with Gasteiger partial charge in [-0.15, -0.1) is 0 Å². The lowest BCUT2D eigenvalue weighted by molar-refractivity contribution is 0.923. The van der Waals surface area contributed by atoms with E-state index < -0.39 is 0 Å². The molecule has 1 heterocycles. The Morgan fingerprint density at radius 3 is 2.70 bits per heavy atom. The van der Waals surface area contributed by atoms with Crippen molar-refractivity contribution in [2.45, 2.75) is 33.6 Å². The minimum atomic E-state index is 0.613. The fourth-order valence-corrected chi connectivity index (χ4v) is 2.33. The van der Waals surface area contributed by atoms with Crippen LogP contribution in [0.15, 0.2) is 30.3 Å². The number of para-hydroxylation sites is 1. The monoisotopic (exact) mass is 265 g/mol. The van der Waals surface area contributed by atoms with Gasteiger partial charge >= 0.3 is 0 Å². The molecule has 0 aliphatic heterocycles. The van der Waals surface area contributed by atoms with E-state index in [1.165, 1.54) is 5.56 Å². The van der Waals surface area contributed by atoms with Gasteiger partial charge in [0.1, 0.15) is 11.9 Å². The molecule has 102 valence electrons. The summed E-state index contributed by atoms with van der Waals surface area (Å²) in [6.45, 7) is 6.04. The highest BCUT2D eigenvalue weighted by Gasteiger charge is 2.10. The summed E-state index contributed by atoms with van der Waals surface area (Å²) >= 11 is 0. The molecule has 0 radical (unpaired) electrons. The van der Waals surface area contributed by atoms with Crippen LogP contribution in [0.3, 0.4) is 0 Å². The number of benzene rings is 1. The third-order valence-corrected chi connectivity index (χ3v) is 3.25. The van der Waals surface area contributed by atoms with Crippen LogP contribution in [0, 0.1) is 25.2 Å². The van der Waals surface area contributed by atoms with Crippen molar-refractivity contribution in [1.82, 2.24) is 4.98 Å². The van der Waals surface area contributed by atoms with Crippen LogP contribution in [0.25, 0.3) is 0 Å². The number of hydrogen-bond donors (Lipinski definition) is 1. The molecule has 0 amide bonds.